The van der Waals surface area contributed by atoms with Gasteiger partial charge in [-0.15, -0.1) is 12.4 Å². The van der Waals surface area contributed by atoms with E-state index in [1.807, 2.05) is 0 Å². The fourth-order valence-corrected chi connectivity index (χ4v) is 5.59. The van der Waals surface area contributed by atoms with Gasteiger partial charge in [0.2, 0.25) is 0 Å². The smallest absolute Gasteiger partial charge is 0.367 e. The second-order valence-electron chi connectivity index (χ2n) is 7.73. The summed E-state index contributed by atoms with van der Waals surface area (Å²) in [5.41, 5.74) is 1.88. The van der Waals surface area contributed by atoms with Crippen molar-refractivity contribution in [3.8, 4) is 11.5 Å². The number of nitrogens with zero attached hydrogens (tertiary/aromatic N) is 1. The van der Waals surface area contributed by atoms with Gasteiger partial charge < -0.3 is 38.0 Å². The van der Waals surface area contributed by atoms with Crippen LogP contribution in [0.2, 0.25) is 0 Å². The molecule has 0 aliphatic carbocycles. The maximum Gasteiger partial charge on any atom is 0.367 e. The van der Waals surface area contributed by atoms with E-state index in [0.717, 1.165) is 5.56 Å². The van der Waals surface area contributed by atoms with E-state index in [-0.39, 0.29) is 53.2 Å². The topological polar surface area (TPSA) is 185 Å². The van der Waals surface area contributed by atoms with Gasteiger partial charge in [0.1, 0.15) is 11.5 Å². The Labute approximate surface area is 275 Å². The first-order valence-electron chi connectivity index (χ1n) is 12.7. The molecule has 0 radical (unpaired) electrons. The Balaban J connectivity index is -0.000000207. The maximum absolute atomic E-state index is 12.2. The highest BCUT2D eigenvalue weighted by atomic mass is 35.5. The molecule has 0 heterocycles. The van der Waals surface area contributed by atoms with Crippen LogP contribution in [0.5, 0.6) is 11.5 Å². The fraction of sp³-hybridized carbons (Fsp3) is 0.517. The first-order valence-corrected chi connectivity index (χ1v) is 16.2. The SMILES string of the molecule is C.C.C.CCOP(=O)(COc1ccc(/C(C)=N/O)cc1)OCC.CCOP(=O)(COc1ccc(C(C)=O)cc1)OCC.Cl.NO. The van der Waals surface area contributed by atoms with Gasteiger partial charge in [-0.25, -0.2) is 5.90 Å². The van der Waals surface area contributed by atoms with Gasteiger partial charge in [0, 0.05) is 5.56 Å². The Morgan fingerprint density at radius 3 is 1.20 bits per heavy atom. The number of Topliss-reactive ketones (excluding diaryl/α,β-unsaturated/α-hetero) is 1. The fourth-order valence-electron chi connectivity index (χ4n) is 2.95. The molecule has 0 bridgehead atoms. The molecule has 13 nitrogen and oxygen atoms in total. The zero-order valence-electron chi connectivity index (χ0n) is 24.8. The van der Waals surface area contributed by atoms with Crippen molar-refractivity contribution < 1.29 is 51.9 Å². The molecule has 0 aromatic heterocycles. The molecule has 264 valence electrons. The molecular formula is C29H55ClN2O11P2. The molecule has 4 N–H and O–H groups in total. The number of oxime groups is 1. The van der Waals surface area contributed by atoms with E-state index in [9.17, 15) is 13.9 Å². The second kappa shape index (κ2) is 29.1. The number of rotatable bonds is 16. The molecule has 0 atom stereocenters. The Morgan fingerprint density at radius 2 is 0.956 bits per heavy atom. The minimum atomic E-state index is -3.21. The van der Waals surface area contributed by atoms with Gasteiger partial charge in [-0.05, 0) is 95.6 Å². The number of ether oxygens (including phenoxy) is 2. The molecule has 0 spiro atoms. The van der Waals surface area contributed by atoms with E-state index < -0.39 is 15.2 Å². The number of halogens is 1. The Morgan fingerprint density at radius 1 is 0.667 bits per heavy atom. The van der Waals surface area contributed by atoms with Gasteiger partial charge in [0.25, 0.3) is 0 Å². The number of carbonyl (C=O) groups is 1. The van der Waals surface area contributed by atoms with Crippen molar-refractivity contribution in [2.24, 2.45) is 11.1 Å². The van der Waals surface area contributed by atoms with Crippen molar-refractivity contribution >= 4 is 39.1 Å². The third-order valence-electron chi connectivity index (χ3n) is 4.76. The molecule has 2 aromatic rings. The molecule has 0 aliphatic rings. The van der Waals surface area contributed by atoms with E-state index >= 15 is 0 Å². The van der Waals surface area contributed by atoms with Crippen LogP contribution in [0, 0.1) is 0 Å². The van der Waals surface area contributed by atoms with Gasteiger partial charge in [0.05, 0.1) is 32.1 Å². The molecule has 0 saturated carbocycles. The summed E-state index contributed by atoms with van der Waals surface area (Å²) in [6, 6.07) is 13.5. The maximum atomic E-state index is 12.2. The monoisotopic (exact) mass is 704 g/mol. The van der Waals surface area contributed by atoms with Gasteiger partial charge >= 0.3 is 15.2 Å². The van der Waals surface area contributed by atoms with E-state index in [0.29, 0.717) is 49.2 Å². The quantitative estimate of drug-likeness (QED) is 0.0497. The Bertz CT molecular complexity index is 1120. The molecule has 2 aromatic carbocycles. The number of ketones is 1. The number of hydrogen-bond donors (Lipinski definition) is 3. The first kappa shape index (κ1) is 52.2. The average Bonchev–Trinajstić information content (AvgIpc) is 2.97. The molecule has 0 aliphatic heterocycles. The van der Waals surface area contributed by atoms with Crippen molar-refractivity contribution in [1.82, 2.24) is 0 Å². The number of nitrogens with two attached hydrogens (primary N) is 1. The van der Waals surface area contributed by atoms with Crippen molar-refractivity contribution in [3.63, 3.8) is 0 Å². The Kier molecular flexibility index (Phi) is 33.8. The molecule has 0 saturated heterocycles. The third kappa shape index (κ3) is 21.2. The lowest BCUT2D eigenvalue weighted by Crippen LogP contribution is -2.05. The van der Waals surface area contributed by atoms with E-state index in [1.165, 1.54) is 6.92 Å². The van der Waals surface area contributed by atoms with Crippen molar-refractivity contribution in [1.29, 1.82) is 0 Å². The standard InChI is InChI=1S/C13H20NO5P.C13H19O5P.3CH4.ClH.H3NO/c1-4-18-20(16,19-5-2)10-17-13-8-6-12(7-9-13)11(3)14-15;1-4-17-19(15,18-5-2)10-16-13-8-6-12(7-9-13)11(3)14;;;;;1-2/h6-9,15H,4-5,10H2,1-3H3;6-9H,4-5,10H2,1-3H3;3*1H4;1H;2H,1H2/b14-11+;;;;;;. The van der Waals surface area contributed by atoms with Crippen LogP contribution >= 0.6 is 27.6 Å². The summed E-state index contributed by atoms with van der Waals surface area (Å²) in [7, 11) is -6.41. The lowest BCUT2D eigenvalue weighted by molar-refractivity contribution is 0.101. The molecule has 0 unspecified atom stereocenters. The summed E-state index contributed by atoms with van der Waals surface area (Å²) in [5, 5.41) is 18.3. The largest absolute Gasteiger partial charge is 0.481 e. The second-order valence-corrected chi connectivity index (χ2v) is 11.7. The van der Waals surface area contributed by atoms with Crippen LogP contribution in [0.25, 0.3) is 0 Å². The third-order valence-corrected chi connectivity index (χ3v) is 8.26. The average molecular weight is 705 g/mol. The molecule has 0 amide bonds. The van der Waals surface area contributed by atoms with E-state index in [2.05, 4.69) is 11.1 Å². The summed E-state index contributed by atoms with van der Waals surface area (Å²) in [4.78, 5) is 11.1. The van der Waals surface area contributed by atoms with Crippen molar-refractivity contribution in [3.05, 3.63) is 59.7 Å². The van der Waals surface area contributed by atoms with Crippen molar-refractivity contribution in [2.75, 3.05) is 39.1 Å². The first-order chi connectivity index (χ1) is 19.5. The highest BCUT2D eigenvalue weighted by molar-refractivity contribution is 7.53. The highest BCUT2D eigenvalue weighted by Gasteiger charge is 2.25. The molecule has 16 heteroatoms. The summed E-state index contributed by atoms with van der Waals surface area (Å²) in [5.74, 6) is 4.55. The van der Waals surface area contributed by atoms with E-state index in [1.54, 1.807) is 83.1 Å². The van der Waals surface area contributed by atoms with E-state index in [4.69, 9.17) is 38.0 Å². The van der Waals surface area contributed by atoms with Gasteiger partial charge in [-0.1, -0.05) is 27.4 Å². The summed E-state index contributed by atoms with van der Waals surface area (Å²) < 4.78 is 55.6. The van der Waals surface area contributed by atoms with Crippen LogP contribution in [0.3, 0.4) is 0 Å². The summed E-state index contributed by atoms with van der Waals surface area (Å²) in [6.07, 6.45) is -0.283. The Hall–Kier alpha value is -2.31. The number of hydrogen-bond acceptors (Lipinski definition) is 13. The predicted molar refractivity (Wildman–Crippen MR) is 183 cm³/mol. The van der Waals surface area contributed by atoms with Crippen LogP contribution in [-0.2, 0) is 27.2 Å². The highest BCUT2D eigenvalue weighted by Crippen LogP contribution is 2.48. The molecular weight excluding hydrogens is 650 g/mol. The normalized spacial score (nSPS) is 10.4. The van der Waals surface area contributed by atoms with Gasteiger partial charge in [-0.3, -0.25) is 13.9 Å². The lowest BCUT2D eigenvalue weighted by atomic mass is 10.1. The van der Waals surface area contributed by atoms with Gasteiger partial charge in [0.15, 0.2) is 18.5 Å². The van der Waals surface area contributed by atoms with Crippen molar-refractivity contribution in [2.45, 2.75) is 63.8 Å². The van der Waals surface area contributed by atoms with Crippen LogP contribution in [0.1, 0.15) is 79.7 Å². The lowest BCUT2D eigenvalue weighted by Gasteiger charge is -2.17. The van der Waals surface area contributed by atoms with Crippen LogP contribution in [0.15, 0.2) is 53.7 Å². The zero-order chi connectivity index (χ0) is 31.3. The number of benzene rings is 2. The number of carbonyl (C=O) groups excluding carboxylic acids is 1. The minimum absolute atomic E-state index is 0. The molecule has 45 heavy (non-hydrogen) atoms. The minimum Gasteiger partial charge on any atom is -0.481 e. The van der Waals surface area contributed by atoms with Crippen LogP contribution < -0.4 is 15.4 Å². The predicted octanol–water partition coefficient (Wildman–Crippen LogP) is 8.64. The summed E-state index contributed by atoms with van der Waals surface area (Å²) in [6.45, 7) is 11.4. The van der Waals surface area contributed by atoms with Crippen LogP contribution in [0.4, 0.5) is 0 Å². The summed E-state index contributed by atoms with van der Waals surface area (Å²) >= 11 is 0. The molecule has 0 fully saturated rings. The van der Waals surface area contributed by atoms with Crippen LogP contribution in [-0.4, -0.2) is 61.0 Å². The molecule has 2 rings (SSSR count). The van der Waals surface area contributed by atoms with Gasteiger partial charge in [-0.2, -0.15) is 0 Å². The zero-order valence-corrected chi connectivity index (χ0v) is 27.4.